The number of hydrogen-bond acceptors (Lipinski definition) is 6. The molecule has 1 unspecified atom stereocenters. The molecule has 0 aromatic carbocycles. The summed E-state index contributed by atoms with van der Waals surface area (Å²) in [5, 5.41) is 0. The second-order valence-electron chi connectivity index (χ2n) is 7.50. The van der Waals surface area contributed by atoms with Crippen molar-refractivity contribution >= 4 is 56.1 Å². The molecule has 171 valence electrons. The molecule has 2 atom stereocenters. The Balaban J connectivity index is 4.91. The number of hydrogen-bond donors (Lipinski definition) is 1. The number of ether oxygens (including phenoxy) is 2. The SMILES string of the molecule is CCCCOC(=O)CC(S)S[C@H](CC(=O)OCCCC)[Sn]([CH2]CCC)[CH2]CCC. The van der Waals surface area contributed by atoms with Crippen molar-refractivity contribution in [2.45, 2.75) is 109 Å². The zero-order valence-electron chi connectivity index (χ0n) is 19.0. The van der Waals surface area contributed by atoms with E-state index in [9.17, 15) is 9.59 Å². The van der Waals surface area contributed by atoms with Crippen LogP contribution in [0.1, 0.15) is 91.9 Å². The zero-order valence-corrected chi connectivity index (χ0v) is 23.6. The number of carbonyl (C=O) groups excluding carboxylic acids is 2. The van der Waals surface area contributed by atoms with Crippen LogP contribution in [0.25, 0.3) is 0 Å². The van der Waals surface area contributed by atoms with E-state index in [1.807, 2.05) is 0 Å². The molecule has 0 heterocycles. The molecule has 0 N–H and O–H groups in total. The Morgan fingerprint density at radius 3 is 1.69 bits per heavy atom. The Kier molecular flexibility index (Phi) is 20.7. The molecule has 4 nitrogen and oxygen atoms in total. The molecule has 7 heteroatoms. The molecule has 0 aliphatic rings. The van der Waals surface area contributed by atoms with Gasteiger partial charge in [-0.2, -0.15) is 0 Å². The molecule has 0 rings (SSSR count). The monoisotopic (exact) mass is 555 g/mol. The van der Waals surface area contributed by atoms with Crippen LogP contribution < -0.4 is 0 Å². The zero-order chi connectivity index (χ0) is 21.9. The fourth-order valence-corrected chi connectivity index (χ4v) is 18.6. The van der Waals surface area contributed by atoms with E-state index >= 15 is 0 Å². The summed E-state index contributed by atoms with van der Waals surface area (Å²) in [4.78, 5) is 24.5. The minimum atomic E-state index is -1.81. The Hall–Kier alpha value is 0.439. The van der Waals surface area contributed by atoms with Crippen LogP contribution in [0.2, 0.25) is 8.87 Å². The molecule has 0 aromatic rings. The van der Waals surface area contributed by atoms with Gasteiger partial charge >= 0.3 is 197 Å². The van der Waals surface area contributed by atoms with E-state index in [1.165, 1.54) is 34.6 Å². The molecule has 1 radical (unpaired) electrons. The third-order valence-corrected chi connectivity index (χ3v) is 18.5. The molecule has 0 saturated heterocycles. The molecular weight excluding hydrogens is 511 g/mol. The van der Waals surface area contributed by atoms with Crippen molar-refractivity contribution in [1.82, 2.24) is 0 Å². The average Bonchev–Trinajstić information content (AvgIpc) is 2.68. The van der Waals surface area contributed by atoms with Gasteiger partial charge in [0.25, 0.3) is 0 Å². The Bertz CT molecular complexity index is 416. The summed E-state index contributed by atoms with van der Waals surface area (Å²) in [5.41, 5.74) is 0. The number of esters is 2. The average molecular weight is 554 g/mol. The molecule has 0 aromatic heterocycles. The number of thiol groups is 1. The first-order valence-electron chi connectivity index (χ1n) is 11.5. The summed E-state index contributed by atoms with van der Waals surface area (Å²) < 4.78 is 13.6. The fourth-order valence-electron chi connectivity index (χ4n) is 2.85. The standard InChI is InChI=1S/C14H25O4S2.2C4H9.Sn/c1-3-5-8-17-12(15)7-10-20-14(19)11-13(16)18-9-6-4-2;2*1-3-4-2;/h10,14,19H,3-9,11H2,1-2H3;2*1,3-4H2,2H3;. The van der Waals surface area contributed by atoms with Crippen LogP contribution in [0.3, 0.4) is 0 Å². The van der Waals surface area contributed by atoms with Crippen LogP contribution in [0, 0.1) is 0 Å². The molecule has 0 saturated carbocycles. The Labute approximate surface area is 196 Å². The number of thioether (sulfide) groups is 1. The number of unbranched alkanes of at least 4 members (excludes halogenated alkanes) is 4. The van der Waals surface area contributed by atoms with Crippen molar-refractivity contribution in [3.8, 4) is 0 Å². The summed E-state index contributed by atoms with van der Waals surface area (Å²) in [6.07, 6.45) is 9.53. The molecule has 0 aliphatic heterocycles. The number of rotatable bonds is 19. The first-order valence-corrected chi connectivity index (χ1v) is 18.6. The van der Waals surface area contributed by atoms with Gasteiger partial charge in [-0.1, -0.05) is 0 Å². The summed E-state index contributed by atoms with van der Waals surface area (Å²) in [7, 11) is 0. The first-order chi connectivity index (χ1) is 14.0. The molecule has 0 bridgehead atoms. The fraction of sp³-hybridized carbons (Fsp3) is 0.909. The van der Waals surface area contributed by atoms with Gasteiger partial charge < -0.3 is 0 Å². The van der Waals surface area contributed by atoms with E-state index in [0.717, 1.165) is 25.7 Å². The van der Waals surface area contributed by atoms with Gasteiger partial charge in [-0.05, 0) is 0 Å². The molecule has 0 aliphatic carbocycles. The molecule has 29 heavy (non-hydrogen) atoms. The first kappa shape index (κ1) is 29.4. The van der Waals surface area contributed by atoms with Crippen molar-refractivity contribution < 1.29 is 19.1 Å². The van der Waals surface area contributed by atoms with Crippen LogP contribution in [0.4, 0.5) is 0 Å². The maximum atomic E-state index is 12.4. The topological polar surface area (TPSA) is 52.6 Å². The van der Waals surface area contributed by atoms with E-state index in [-0.39, 0.29) is 16.5 Å². The second kappa shape index (κ2) is 20.3. The summed E-state index contributed by atoms with van der Waals surface area (Å²) in [6, 6.07) is 0. The Morgan fingerprint density at radius 2 is 1.24 bits per heavy atom. The van der Waals surface area contributed by atoms with Gasteiger partial charge in [-0.25, -0.2) is 0 Å². The summed E-state index contributed by atoms with van der Waals surface area (Å²) >= 11 is 4.61. The summed E-state index contributed by atoms with van der Waals surface area (Å²) in [5.74, 6) is -0.254. The number of carbonyl (C=O) groups is 2. The third kappa shape index (κ3) is 16.8. The Morgan fingerprint density at radius 1 is 0.793 bits per heavy atom. The van der Waals surface area contributed by atoms with Crippen molar-refractivity contribution in [2.75, 3.05) is 13.2 Å². The van der Waals surface area contributed by atoms with Gasteiger partial charge in [-0.3, -0.25) is 0 Å². The van der Waals surface area contributed by atoms with Gasteiger partial charge in [0.15, 0.2) is 0 Å². The van der Waals surface area contributed by atoms with Crippen molar-refractivity contribution in [3.63, 3.8) is 0 Å². The summed E-state index contributed by atoms with van der Waals surface area (Å²) in [6.45, 7) is 9.64. The quantitative estimate of drug-likeness (QED) is 0.0655. The predicted molar refractivity (Wildman–Crippen MR) is 130 cm³/mol. The molecular formula is C22H43O4S2Sn. The van der Waals surface area contributed by atoms with Crippen LogP contribution in [-0.4, -0.2) is 52.8 Å². The third-order valence-electron chi connectivity index (χ3n) is 4.69. The van der Waals surface area contributed by atoms with E-state index in [2.05, 4.69) is 40.3 Å². The minimum absolute atomic E-state index is 0.0758. The van der Waals surface area contributed by atoms with Crippen LogP contribution in [-0.2, 0) is 19.1 Å². The second-order valence-corrected chi connectivity index (χ2v) is 19.7. The van der Waals surface area contributed by atoms with E-state index in [1.54, 1.807) is 11.8 Å². The predicted octanol–water partition coefficient (Wildman–Crippen LogP) is 6.45. The van der Waals surface area contributed by atoms with Crippen LogP contribution in [0.5, 0.6) is 0 Å². The van der Waals surface area contributed by atoms with E-state index < -0.39 is 19.8 Å². The normalized spacial score (nSPS) is 13.3. The van der Waals surface area contributed by atoms with Gasteiger partial charge in [0.05, 0.1) is 0 Å². The van der Waals surface area contributed by atoms with Crippen LogP contribution in [0.15, 0.2) is 0 Å². The van der Waals surface area contributed by atoms with Crippen molar-refractivity contribution in [2.24, 2.45) is 0 Å². The van der Waals surface area contributed by atoms with Crippen molar-refractivity contribution in [1.29, 1.82) is 0 Å². The molecule has 0 fully saturated rings. The van der Waals surface area contributed by atoms with Crippen molar-refractivity contribution in [3.05, 3.63) is 0 Å². The van der Waals surface area contributed by atoms with Crippen LogP contribution >= 0.6 is 24.4 Å². The van der Waals surface area contributed by atoms with Gasteiger partial charge in [0, 0.05) is 0 Å². The van der Waals surface area contributed by atoms with E-state index in [0.29, 0.717) is 29.3 Å². The van der Waals surface area contributed by atoms with E-state index in [4.69, 9.17) is 9.47 Å². The van der Waals surface area contributed by atoms with Gasteiger partial charge in [0.2, 0.25) is 0 Å². The van der Waals surface area contributed by atoms with Gasteiger partial charge in [-0.15, -0.1) is 0 Å². The molecule has 0 amide bonds. The van der Waals surface area contributed by atoms with Gasteiger partial charge in [0.1, 0.15) is 0 Å². The molecule has 0 spiro atoms. The maximum absolute atomic E-state index is 12.4.